The number of nitrogens with zero attached hydrogens (tertiary/aromatic N) is 2. The predicted octanol–water partition coefficient (Wildman–Crippen LogP) is 1.04. The number of carbonyl (C=O) groups is 1. The van der Waals surface area contributed by atoms with E-state index in [1.807, 2.05) is 25.6 Å². The number of amides is 1. The molecule has 0 atom stereocenters. The van der Waals surface area contributed by atoms with Gasteiger partial charge in [0.1, 0.15) is 0 Å². The van der Waals surface area contributed by atoms with Crippen LogP contribution in [0, 0.1) is 13.8 Å². The molecule has 0 aliphatic carbocycles. The second-order valence-electron chi connectivity index (χ2n) is 4.21. The third-order valence-electron chi connectivity index (χ3n) is 2.57. The molecule has 0 spiro atoms. The number of aryl methyl sites for hydroxylation is 3. The van der Waals surface area contributed by atoms with Gasteiger partial charge in [-0.1, -0.05) is 0 Å². The number of aromatic nitrogens is 2. The van der Waals surface area contributed by atoms with Crippen molar-refractivity contribution in [2.75, 3.05) is 20.1 Å². The summed E-state index contributed by atoms with van der Waals surface area (Å²) in [5, 5.41) is 10.2. The first-order valence-electron chi connectivity index (χ1n) is 6.06. The zero-order valence-corrected chi connectivity index (χ0v) is 12.1. The molecule has 104 valence electrons. The second kappa shape index (κ2) is 8.94. The highest BCUT2D eigenvalue weighted by atomic mass is 35.5. The first-order valence-corrected chi connectivity index (χ1v) is 6.06. The molecule has 0 aromatic carbocycles. The number of hydrogen-bond acceptors (Lipinski definition) is 3. The van der Waals surface area contributed by atoms with Crippen LogP contribution in [-0.2, 0) is 11.3 Å². The Morgan fingerprint density at radius 1 is 1.39 bits per heavy atom. The van der Waals surface area contributed by atoms with E-state index in [0.717, 1.165) is 25.2 Å². The molecule has 0 radical (unpaired) electrons. The summed E-state index contributed by atoms with van der Waals surface area (Å²) in [7, 11) is 1.84. The van der Waals surface area contributed by atoms with Crippen LogP contribution in [0.25, 0.3) is 0 Å². The van der Waals surface area contributed by atoms with Crippen LogP contribution in [0.5, 0.6) is 0 Å². The quantitative estimate of drug-likeness (QED) is 0.731. The molecule has 1 amide bonds. The molecule has 5 nitrogen and oxygen atoms in total. The van der Waals surface area contributed by atoms with Gasteiger partial charge in [0.15, 0.2) is 0 Å². The van der Waals surface area contributed by atoms with Crippen molar-refractivity contribution in [3.8, 4) is 0 Å². The van der Waals surface area contributed by atoms with Crippen LogP contribution in [-0.4, -0.2) is 35.8 Å². The minimum Gasteiger partial charge on any atom is -0.356 e. The lowest BCUT2D eigenvalue weighted by Crippen LogP contribution is -2.28. The van der Waals surface area contributed by atoms with Crippen LogP contribution >= 0.6 is 12.4 Å². The van der Waals surface area contributed by atoms with E-state index in [4.69, 9.17) is 0 Å². The van der Waals surface area contributed by atoms with Crippen molar-refractivity contribution in [3.05, 3.63) is 17.5 Å². The van der Waals surface area contributed by atoms with E-state index in [-0.39, 0.29) is 18.3 Å². The van der Waals surface area contributed by atoms with Gasteiger partial charge in [-0.15, -0.1) is 12.4 Å². The summed E-state index contributed by atoms with van der Waals surface area (Å²) in [6.45, 7) is 6.32. The lowest BCUT2D eigenvalue weighted by atomic mass is 10.3. The molecule has 1 aromatic heterocycles. The van der Waals surface area contributed by atoms with Gasteiger partial charge in [0.05, 0.1) is 5.69 Å². The molecule has 1 heterocycles. The Bertz CT molecular complexity index is 365. The SMILES string of the molecule is CNCCC(=O)NCCCn1nc(C)cc1C.Cl. The van der Waals surface area contributed by atoms with E-state index in [9.17, 15) is 4.79 Å². The maximum absolute atomic E-state index is 11.3. The second-order valence-corrected chi connectivity index (χ2v) is 4.21. The fourth-order valence-electron chi connectivity index (χ4n) is 1.68. The summed E-state index contributed by atoms with van der Waals surface area (Å²) >= 11 is 0. The fraction of sp³-hybridized carbons (Fsp3) is 0.667. The monoisotopic (exact) mass is 274 g/mol. The van der Waals surface area contributed by atoms with Gasteiger partial charge >= 0.3 is 0 Å². The Hall–Kier alpha value is -1.07. The lowest BCUT2D eigenvalue weighted by Gasteiger charge is -2.06. The molecule has 1 aromatic rings. The number of rotatable bonds is 7. The van der Waals surface area contributed by atoms with Gasteiger partial charge in [0.25, 0.3) is 0 Å². The van der Waals surface area contributed by atoms with Gasteiger partial charge in [-0.05, 0) is 33.4 Å². The van der Waals surface area contributed by atoms with Crippen molar-refractivity contribution in [2.45, 2.75) is 33.2 Å². The van der Waals surface area contributed by atoms with Gasteiger partial charge in [-0.25, -0.2) is 0 Å². The normalized spacial score (nSPS) is 9.94. The summed E-state index contributed by atoms with van der Waals surface area (Å²) in [5.74, 6) is 0.104. The van der Waals surface area contributed by atoms with Crippen molar-refractivity contribution < 1.29 is 4.79 Å². The smallest absolute Gasteiger partial charge is 0.221 e. The van der Waals surface area contributed by atoms with E-state index < -0.39 is 0 Å². The minimum absolute atomic E-state index is 0. The van der Waals surface area contributed by atoms with Crippen molar-refractivity contribution in [3.63, 3.8) is 0 Å². The van der Waals surface area contributed by atoms with Gasteiger partial charge in [0.2, 0.25) is 5.91 Å². The molecule has 18 heavy (non-hydrogen) atoms. The van der Waals surface area contributed by atoms with Crippen molar-refractivity contribution in [2.24, 2.45) is 0 Å². The Balaban J connectivity index is 0.00000289. The van der Waals surface area contributed by atoms with Crippen LogP contribution in [0.4, 0.5) is 0 Å². The zero-order chi connectivity index (χ0) is 12.7. The molecule has 0 unspecified atom stereocenters. The Morgan fingerprint density at radius 2 is 2.11 bits per heavy atom. The number of nitrogens with one attached hydrogen (secondary N) is 2. The molecule has 6 heteroatoms. The molecule has 1 rings (SSSR count). The molecular weight excluding hydrogens is 252 g/mol. The molecule has 0 saturated heterocycles. The number of carbonyl (C=O) groups excluding carboxylic acids is 1. The molecule has 0 saturated carbocycles. The predicted molar refractivity (Wildman–Crippen MR) is 75.1 cm³/mol. The fourth-order valence-corrected chi connectivity index (χ4v) is 1.68. The highest BCUT2D eigenvalue weighted by molar-refractivity contribution is 5.85. The average molecular weight is 275 g/mol. The largest absolute Gasteiger partial charge is 0.356 e. The van der Waals surface area contributed by atoms with Crippen molar-refractivity contribution >= 4 is 18.3 Å². The Kier molecular flexibility index (Phi) is 8.41. The Labute approximate surface area is 115 Å². The summed E-state index contributed by atoms with van der Waals surface area (Å²) in [6.07, 6.45) is 1.45. The van der Waals surface area contributed by atoms with E-state index >= 15 is 0 Å². The molecule has 2 N–H and O–H groups in total. The molecule has 0 aliphatic heterocycles. The highest BCUT2D eigenvalue weighted by Gasteiger charge is 2.01. The Morgan fingerprint density at radius 3 is 2.67 bits per heavy atom. The van der Waals surface area contributed by atoms with E-state index in [2.05, 4.69) is 21.8 Å². The zero-order valence-electron chi connectivity index (χ0n) is 11.3. The van der Waals surface area contributed by atoms with Crippen molar-refractivity contribution in [1.82, 2.24) is 20.4 Å². The maximum Gasteiger partial charge on any atom is 0.221 e. The van der Waals surface area contributed by atoms with Gasteiger partial charge in [0, 0.05) is 31.7 Å². The average Bonchev–Trinajstić information content (AvgIpc) is 2.60. The lowest BCUT2D eigenvalue weighted by molar-refractivity contribution is -0.120. The van der Waals surface area contributed by atoms with Crippen LogP contribution in [0.3, 0.4) is 0 Å². The van der Waals surface area contributed by atoms with Crippen molar-refractivity contribution in [1.29, 1.82) is 0 Å². The topological polar surface area (TPSA) is 59.0 Å². The summed E-state index contributed by atoms with van der Waals surface area (Å²) < 4.78 is 1.98. The standard InChI is InChI=1S/C12H22N4O.ClH/c1-10-9-11(2)16(15-10)8-4-6-14-12(17)5-7-13-3;/h9,13H,4-8H2,1-3H3,(H,14,17);1H. The summed E-state index contributed by atoms with van der Waals surface area (Å²) in [5.41, 5.74) is 2.21. The minimum atomic E-state index is 0. The third-order valence-corrected chi connectivity index (χ3v) is 2.57. The van der Waals surface area contributed by atoms with E-state index in [1.54, 1.807) is 0 Å². The van der Waals surface area contributed by atoms with E-state index in [0.29, 0.717) is 13.0 Å². The first-order chi connectivity index (χ1) is 8.13. The van der Waals surface area contributed by atoms with Crippen LogP contribution in [0.2, 0.25) is 0 Å². The number of hydrogen-bond donors (Lipinski definition) is 2. The van der Waals surface area contributed by atoms with Gasteiger partial charge in [-0.3, -0.25) is 9.48 Å². The molecule has 0 fully saturated rings. The summed E-state index contributed by atoms with van der Waals surface area (Å²) in [6, 6.07) is 2.06. The molecule has 0 bridgehead atoms. The van der Waals surface area contributed by atoms with Gasteiger partial charge in [-0.2, -0.15) is 5.10 Å². The molecular formula is C12H23ClN4O. The van der Waals surface area contributed by atoms with Gasteiger partial charge < -0.3 is 10.6 Å². The highest BCUT2D eigenvalue weighted by Crippen LogP contribution is 2.02. The van der Waals surface area contributed by atoms with Crippen LogP contribution in [0.15, 0.2) is 6.07 Å². The third kappa shape index (κ3) is 6.02. The van der Waals surface area contributed by atoms with E-state index in [1.165, 1.54) is 5.69 Å². The number of halogens is 1. The van der Waals surface area contributed by atoms with Crippen LogP contribution < -0.4 is 10.6 Å². The maximum atomic E-state index is 11.3. The van der Waals surface area contributed by atoms with Crippen LogP contribution in [0.1, 0.15) is 24.2 Å². The first kappa shape index (κ1) is 16.9. The summed E-state index contributed by atoms with van der Waals surface area (Å²) in [4.78, 5) is 11.3. The molecule has 0 aliphatic rings.